The number of aromatic nitrogens is 2. The maximum absolute atomic E-state index is 14.7. The molecule has 223 valence electrons. The van der Waals surface area contributed by atoms with Crippen LogP contribution in [0, 0.1) is 5.41 Å². The monoisotopic (exact) mass is 633 g/mol. The van der Waals surface area contributed by atoms with Crippen LogP contribution < -0.4 is 15.0 Å². The van der Waals surface area contributed by atoms with Crippen molar-refractivity contribution < 1.29 is 14.0 Å². The van der Waals surface area contributed by atoms with Gasteiger partial charge in [0.1, 0.15) is 16.6 Å². The first-order chi connectivity index (χ1) is 20.4. The van der Waals surface area contributed by atoms with Crippen LogP contribution in [0.5, 0.6) is 5.75 Å². The molecule has 0 aliphatic rings. The molecule has 1 N–H and O–H groups in total. The molecule has 0 unspecified atom stereocenters. The standard InChI is InChI=1S/C33H35Cl2N4O3Si/c1-22(27-21-36-29(35)37-28(27)34)39(25-17-19-26(41-6)20-18-25)30(40)38-32(5,42-43)33(31(2,3)4,23-13-9-7-10-14-23)24-15-11-8-12-16-24/h7-22H,1-6H3,(H,38,40)/t22-,32+/m0/s1. The first-order valence-corrected chi connectivity index (χ1v) is 14.9. The van der Waals surface area contributed by atoms with E-state index in [1.807, 2.05) is 50.2 Å². The number of halogens is 2. The minimum Gasteiger partial charge on any atom is -0.497 e. The predicted molar refractivity (Wildman–Crippen MR) is 173 cm³/mol. The normalized spacial score (nSPS) is 14.0. The summed E-state index contributed by atoms with van der Waals surface area (Å²) in [7, 11) is 5.00. The van der Waals surface area contributed by atoms with Crippen LogP contribution in [0.1, 0.15) is 57.4 Å². The highest BCUT2D eigenvalue weighted by molar-refractivity contribution is 6.32. The summed E-state index contributed by atoms with van der Waals surface area (Å²) >= 11 is 12.5. The van der Waals surface area contributed by atoms with Crippen molar-refractivity contribution in [3.8, 4) is 5.75 Å². The Kier molecular flexibility index (Phi) is 9.86. The van der Waals surface area contributed by atoms with Gasteiger partial charge in [-0.1, -0.05) is 93.0 Å². The molecule has 3 aromatic carbocycles. The van der Waals surface area contributed by atoms with Gasteiger partial charge in [0.25, 0.3) is 0 Å². The van der Waals surface area contributed by atoms with E-state index in [9.17, 15) is 4.79 Å². The smallest absolute Gasteiger partial charge is 0.324 e. The Balaban J connectivity index is 1.92. The molecule has 4 aromatic rings. The lowest BCUT2D eigenvalue weighted by molar-refractivity contribution is -0.0441. The molecule has 0 saturated carbocycles. The van der Waals surface area contributed by atoms with Crippen LogP contribution in [-0.4, -0.2) is 39.3 Å². The Hall–Kier alpha value is -3.43. The minimum absolute atomic E-state index is 0.0158. The number of nitrogens with zero attached hydrogens (tertiary/aromatic N) is 3. The number of anilines is 1. The molecule has 4 rings (SSSR count). The number of hydrogen-bond donors (Lipinski definition) is 1. The largest absolute Gasteiger partial charge is 0.497 e. The van der Waals surface area contributed by atoms with Crippen LogP contribution in [0.25, 0.3) is 0 Å². The van der Waals surface area contributed by atoms with Gasteiger partial charge >= 0.3 is 6.03 Å². The van der Waals surface area contributed by atoms with Crippen molar-refractivity contribution in [2.45, 2.75) is 51.8 Å². The van der Waals surface area contributed by atoms with E-state index >= 15 is 0 Å². The van der Waals surface area contributed by atoms with Crippen LogP contribution >= 0.6 is 23.2 Å². The van der Waals surface area contributed by atoms with E-state index in [1.165, 1.54) is 6.20 Å². The van der Waals surface area contributed by atoms with E-state index < -0.39 is 28.6 Å². The maximum atomic E-state index is 14.7. The van der Waals surface area contributed by atoms with E-state index in [-0.39, 0.29) is 10.4 Å². The number of hydrogen-bond acceptors (Lipinski definition) is 5. The van der Waals surface area contributed by atoms with Crippen molar-refractivity contribution >= 4 is 45.4 Å². The Morgan fingerprint density at radius 2 is 1.44 bits per heavy atom. The molecule has 0 fully saturated rings. The Morgan fingerprint density at radius 3 is 1.88 bits per heavy atom. The van der Waals surface area contributed by atoms with Gasteiger partial charge in [0.2, 0.25) is 15.8 Å². The number of carbonyl (C=O) groups is 1. The quantitative estimate of drug-likeness (QED) is 0.0877. The van der Waals surface area contributed by atoms with Crippen molar-refractivity contribution in [2.75, 3.05) is 12.0 Å². The third-order valence-electron chi connectivity index (χ3n) is 7.95. The number of rotatable bonds is 9. The highest BCUT2D eigenvalue weighted by Crippen LogP contribution is 2.54. The molecular weight excluding hydrogens is 599 g/mol. The number of benzene rings is 3. The summed E-state index contributed by atoms with van der Waals surface area (Å²) in [6, 6.07) is 26.3. The lowest BCUT2D eigenvalue weighted by Crippen LogP contribution is -2.68. The first kappa shape index (κ1) is 32.5. The minimum atomic E-state index is -1.34. The number of amides is 2. The molecule has 10 heteroatoms. The van der Waals surface area contributed by atoms with Crippen LogP contribution in [-0.2, 0) is 9.84 Å². The average molecular weight is 635 g/mol. The Morgan fingerprint density at radius 1 is 0.907 bits per heavy atom. The van der Waals surface area contributed by atoms with Crippen molar-refractivity contribution in [3.05, 3.63) is 118 Å². The number of methoxy groups -OCH3 is 1. The Bertz CT molecular complexity index is 1500. The highest BCUT2D eigenvalue weighted by atomic mass is 35.5. The fourth-order valence-corrected chi connectivity index (χ4v) is 6.83. The molecule has 43 heavy (non-hydrogen) atoms. The van der Waals surface area contributed by atoms with Gasteiger partial charge in [0, 0.05) is 17.4 Å². The zero-order chi connectivity index (χ0) is 31.4. The van der Waals surface area contributed by atoms with Gasteiger partial charge in [0.05, 0.1) is 18.6 Å². The second-order valence-electron chi connectivity index (χ2n) is 11.4. The first-order valence-electron chi connectivity index (χ1n) is 13.8. The van der Waals surface area contributed by atoms with Crippen molar-refractivity contribution in [2.24, 2.45) is 5.41 Å². The van der Waals surface area contributed by atoms with Crippen molar-refractivity contribution in [1.29, 1.82) is 0 Å². The van der Waals surface area contributed by atoms with Gasteiger partial charge in [-0.3, -0.25) is 4.90 Å². The third kappa shape index (κ3) is 6.15. The van der Waals surface area contributed by atoms with Crippen molar-refractivity contribution in [3.63, 3.8) is 0 Å². The second-order valence-corrected chi connectivity index (χ2v) is 12.3. The summed E-state index contributed by atoms with van der Waals surface area (Å²) in [5.41, 5.74) is 0.331. The predicted octanol–water partition coefficient (Wildman–Crippen LogP) is 7.92. The Labute approximate surface area is 267 Å². The molecule has 0 bridgehead atoms. The molecule has 0 aliphatic carbocycles. The van der Waals surface area contributed by atoms with Gasteiger partial charge in [-0.05, 0) is 66.3 Å². The summed E-state index contributed by atoms with van der Waals surface area (Å²) in [4.78, 5) is 24.5. The molecule has 7 nitrogen and oxygen atoms in total. The van der Waals surface area contributed by atoms with E-state index in [0.717, 1.165) is 11.1 Å². The summed E-state index contributed by atoms with van der Waals surface area (Å²) in [6.45, 7) is 10.1. The van der Waals surface area contributed by atoms with Crippen LogP contribution in [0.15, 0.2) is 91.1 Å². The molecular formula is C33H35Cl2N4O3Si. The third-order valence-corrected chi connectivity index (χ3v) is 8.84. The van der Waals surface area contributed by atoms with E-state index in [0.29, 0.717) is 17.0 Å². The second kappa shape index (κ2) is 13.1. The zero-order valence-corrected chi connectivity index (χ0v) is 27.6. The zero-order valence-electron chi connectivity index (χ0n) is 25.1. The molecule has 1 aromatic heterocycles. The summed E-state index contributed by atoms with van der Waals surface area (Å²) < 4.78 is 11.6. The van der Waals surface area contributed by atoms with Gasteiger partial charge in [0.15, 0.2) is 0 Å². The molecule has 3 radical (unpaired) electrons. The number of urea groups is 1. The lowest BCUT2D eigenvalue weighted by Gasteiger charge is -2.56. The summed E-state index contributed by atoms with van der Waals surface area (Å²) in [5.74, 6) is 0.651. The average Bonchev–Trinajstić information content (AvgIpc) is 2.98. The topological polar surface area (TPSA) is 76.6 Å². The number of nitrogens with one attached hydrogen (secondary N) is 1. The van der Waals surface area contributed by atoms with Gasteiger partial charge in [-0.2, -0.15) is 0 Å². The lowest BCUT2D eigenvalue weighted by atomic mass is 9.54. The van der Waals surface area contributed by atoms with E-state index in [1.54, 1.807) is 36.3 Å². The van der Waals surface area contributed by atoms with Crippen LogP contribution in [0.2, 0.25) is 10.4 Å². The summed E-state index contributed by atoms with van der Waals surface area (Å²) in [6.07, 6.45) is 1.53. The van der Waals surface area contributed by atoms with E-state index in [4.69, 9.17) is 32.4 Å². The molecule has 2 amide bonds. The summed E-state index contributed by atoms with van der Waals surface area (Å²) in [5, 5.41) is 3.44. The van der Waals surface area contributed by atoms with Crippen LogP contribution in [0.3, 0.4) is 0 Å². The SMILES string of the molecule is COc1ccc(N(C(=O)N[C@](C)(O[Si])C(c2ccccc2)(c2ccccc2)C(C)(C)C)[C@@H](C)c2cnc(Cl)nc2Cl)cc1. The molecule has 2 atom stereocenters. The maximum Gasteiger partial charge on any atom is 0.324 e. The van der Waals surface area contributed by atoms with Gasteiger partial charge in [-0.25, -0.2) is 14.8 Å². The van der Waals surface area contributed by atoms with Gasteiger partial charge in [-0.15, -0.1) is 0 Å². The number of ether oxygens (including phenoxy) is 1. The fourth-order valence-electron chi connectivity index (χ4n) is 6.16. The molecule has 0 aliphatic heterocycles. The molecule has 1 heterocycles. The van der Waals surface area contributed by atoms with E-state index in [2.05, 4.69) is 70.8 Å². The van der Waals surface area contributed by atoms with Gasteiger partial charge < -0.3 is 14.5 Å². The molecule has 0 saturated heterocycles. The number of carbonyl (C=O) groups excluding carboxylic acids is 1. The fraction of sp³-hybridized carbons (Fsp3) is 0.303. The van der Waals surface area contributed by atoms with Crippen LogP contribution in [0.4, 0.5) is 10.5 Å². The van der Waals surface area contributed by atoms with Crippen molar-refractivity contribution in [1.82, 2.24) is 15.3 Å². The highest BCUT2D eigenvalue weighted by Gasteiger charge is 2.59. The molecule has 0 spiro atoms.